The first-order chi connectivity index (χ1) is 9.83. The predicted molar refractivity (Wildman–Crippen MR) is 78.7 cm³/mol. The monoisotopic (exact) mass is 289 g/mol. The Bertz CT molecular complexity index is 587. The molecule has 3 nitrogen and oxygen atoms in total. The molecule has 1 N–H and O–H groups in total. The minimum atomic E-state index is 0.532. The lowest BCUT2D eigenvalue weighted by atomic mass is 10.1. The highest BCUT2D eigenvalue weighted by molar-refractivity contribution is 6.30. The molecule has 0 spiro atoms. The molecule has 0 saturated heterocycles. The van der Waals surface area contributed by atoms with Crippen molar-refractivity contribution in [3.8, 4) is 5.75 Å². The van der Waals surface area contributed by atoms with Gasteiger partial charge in [-0.2, -0.15) is 5.48 Å². The van der Waals surface area contributed by atoms with Crippen LogP contribution in [-0.4, -0.2) is 6.61 Å². The summed E-state index contributed by atoms with van der Waals surface area (Å²) in [6.45, 7) is 1.84. The molecule has 0 bridgehead atoms. The van der Waals surface area contributed by atoms with Crippen molar-refractivity contribution in [3.05, 3.63) is 64.2 Å². The Kier molecular flexibility index (Phi) is 4.21. The van der Waals surface area contributed by atoms with Crippen LogP contribution in [0.15, 0.2) is 42.5 Å². The van der Waals surface area contributed by atoms with Gasteiger partial charge in [0, 0.05) is 23.6 Å². The van der Waals surface area contributed by atoms with Gasteiger partial charge in [0.2, 0.25) is 0 Å². The van der Waals surface area contributed by atoms with Crippen LogP contribution in [0.3, 0.4) is 0 Å². The third-order valence-corrected chi connectivity index (χ3v) is 3.49. The molecule has 0 atom stereocenters. The molecule has 0 aromatic heterocycles. The molecule has 4 heteroatoms. The summed E-state index contributed by atoms with van der Waals surface area (Å²) in [4.78, 5) is 5.47. The average Bonchev–Trinajstić information content (AvgIpc) is 2.92. The van der Waals surface area contributed by atoms with Gasteiger partial charge in [-0.25, -0.2) is 0 Å². The molecule has 0 aliphatic carbocycles. The maximum absolute atomic E-state index is 6.11. The van der Waals surface area contributed by atoms with E-state index in [1.54, 1.807) is 0 Å². The van der Waals surface area contributed by atoms with Crippen LogP contribution in [0.25, 0.3) is 0 Å². The molecule has 0 fully saturated rings. The van der Waals surface area contributed by atoms with Crippen LogP contribution in [0, 0.1) is 0 Å². The van der Waals surface area contributed by atoms with Gasteiger partial charge < -0.3 is 4.74 Å². The normalized spacial score (nSPS) is 13.1. The Morgan fingerprint density at radius 2 is 2.05 bits per heavy atom. The van der Waals surface area contributed by atoms with E-state index < -0.39 is 0 Å². The summed E-state index contributed by atoms with van der Waals surface area (Å²) in [6, 6.07) is 13.9. The molecule has 2 aromatic carbocycles. The topological polar surface area (TPSA) is 30.5 Å². The largest absolute Gasteiger partial charge is 0.493 e. The maximum Gasteiger partial charge on any atom is 0.127 e. The fraction of sp³-hybridized carbons (Fsp3) is 0.250. The van der Waals surface area contributed by atoms with Gasteiger partial charge in [-0.15, -0.1) is 0 Å². The summed E-state index contributed by atoms with van der Waals surface area (Å²) in [5.74, 6) is 0.949. The molecular formula is C16H16ClNO2. The average molecular weight is 290 g/mol. The first-order valence-corrected chi connectivity index (χ1v) is 7.03. The Morgan fingerprint density at radius 1 is 1.20 bits per heavy atom. The zero-order valence-electron chi connectivity index (χ0n) is 11.1. The van der Waals surface area contributed by atoms with Crippen molar-refractivity contribution < 1.29 is 9.57 Å². The Balaban J connectivity index is 1.57. The van der Waals surface area contributed by atoms with Crippen molar-refractivity contribution in [1.82, 2.24) is 5.48 Å². The van der Waals surface area contributed by atoms with Crippen LogP contribution in [0.5, 0.6) is 5.75 Å². The summed E-state index contributed by atoms with van der Waals surface area (Å²) in [5.41, 5.74) is 6.32. The van der Waals surface area contributed by atoms with Crippen molar-refractivity contribution >= 4 is 11.6 Å². The number of ether oxygens (including phenoxy) is 1. The molecule has 1 aliphatic rings. The predicted octanol–water partition coefficient (Wildman–Crippen LogP) is 3.50. The summed E-state index contributed by atoms with van der Waals surface area (Å²) in [5, 5.41) is 0.745. The number of fused-ring (bicyclic) bond motifs is 1. The van der Waals surface area contributed by atoms with Gasteiger partial charge in [-0.1, -0.05) is 41.9 Å². The van der Waals surface area contributed by atoms with E-state index >= 15 is 0 Å². The molecule has 1 heterocycles. The number of benzene rings is 2. The fourth-order valence-corrected chi connectivity index (χ4v) is 2.58. The lowest BCUT2D eigenvalue weighted by Crippen LogP contribution is -2.14. The Morgan fingerprint density at radius 3 is 2.90 bits per heavy atom. The summed E-state index contributed by atoms with van der Waals surface area (Å²) < 4.78 is 5.65. The van der Waals surface area contributed by atoms with E-state index in [2.05, 4.69) is 5.48 Å². The molecule has 0 unspecified atom stereocenters. The van der Waals surface area contributed by atoms with Crippen molar-refractivity contribution in [2.75, 3.05) is 6.61 Å². The van der Waals surface area contributed by atoms with Gasteiger partial charge in [-0.3, -0.25) is 4.84 Å². The van der Waals surface area contributed by atoms with Crippen molar-refractivity contribution in [1.29, 1.82) is 0 Å². The molecule has 3 rings (SSSR count). The van der Waals surface area contributed by atoms with Crippen LogP contribution in [0.2, 0.25) is 5.02 Å². The van der Waals surface area contributed by atoms with Crippen molar-refractivity contribution in [3.63, 3.8) is 0 Å². The van der Waals surface area contributed by atoms with Crippen LogP contribution in [0.1, 0.15) is 16.7 Å². The lowest BCUT2D eigenvalue weighted by Gasteiger charge is -2.10. The molecule has 0 radical (unpaired) electrons. The second kappa shape index (κ2) is 6.27. The second-order valence-corrected chi connectivity index (χ2v) is 5.18. The third-order valence-electron chi connectivity index (χ3n) is 3.27. The third kappa shape index (κ3) is 3.12. The Labute approximate surface area is 123 Å². The Hall–Kier alpha value is -1.55. The van der Waals surface area contributed by atoms with Crippen LogP contribution in [-0.2, 0) is 24.4 Å². The zero-order valence-corrected chi connectivity index (χ0v) is 11.8. The van der Waals surface area contributed by atoms with E-state index in [4.69, 9.17) is 21.2 Å². The second-order valence-electron chi connectivity index (χ2n) is 4.75. The van der Waals surface area contributed by atoms with E-state index in [9.17, 15) is 0 Å². The highest BCUT2D eigenvalue weighted by Gasteiger charge is 2.17. The quantitative estimate of drug-likeness (QED) is 0.675. The van der Waals surface area contributed by atoms with Gasteiger partial charge in [0.1, 0.15) is 5.75 Å². The van der Waals surface area contributed by atoms with Crippen molar-refractivity contribution in [2.24, 2.45) is 0 Å². The first-order valence-electron chi connectivity index (χ1n) is 6.65. The molecule has 104 valence electrons. The fourth-order valence-electron chi connectivity index (χ4n) is 2.31. The summed E-state index contributed by atoms with van der Waals surface area (Å²) in [7, 11) is 0. The lowest BCUT2D eigenvalue weighted by molar-refractivity contribution is 0.0231. The zero-order chi connectivity index (χ0) is 13.8. The van der Waals surface area contributed by atoms with Gasteiger partial charge in [0.05, 0.1) is 13.2 Å². The molecule has 0 saturated carbocycles. The van der Waals surface area contributed by atoms with Gasteiger partial charge >= 0.3 is 0 Å². The molecule has 20 heavy (non-hydrogen) atoms. The smallest absolute Gasteiger partial charge is 0.127 e. The minimum Gasteiger partial charge on any atom is -0.493 e. The summed E-state index contributed by atoms with van der Waals surface area (Å²) >= 11 is 6.11. The van der Waals surface area contributed by atoms with Crippen molar-refractivity contribution in [2.45, 2.75) is 19.6 Å². The summed E-state index contributed by atoms with van der Waals surface area (Å²) in [6.07, 6.45) is 0.924. The number of hydroxylamine groups is 1. The van der Waals surface area contributed by atoms with E-state index in [0.29, 0.717) is 13.2 Å². The maximum atomic E-state index is 6.11. The van der Waals surface area contributed by atoms with Crippen LogP contribution >= 0.6 is 11.6 Å². The van der Waals surface area contributed by atoms with E-state index in [-0.39, 0.29) is 0 Å². The minimum absolute atomic E-state index is 0.532. The number of hydrogen-bond acceptors (Lipinski definition) is 3. The standard InChI is InChI=1S/C16H16ClNO2/c17-15-8-13-6-7-19-16(13)14(9-15)10-18-20-11-12-4-2-1-3-5-12/h1-5,8-9,18H,6-7,10-11H2. The SMILES string of the molecule is Clc1cc2c(c(CNOCc3ccccc3)c1)OCC2. The highest BCUT2D eigenvalue weighted by Crippen LogP contribution is 2.32. The number of hydrogen-bond donors (Lipinski definition) is 1. The van der Waals surface area contributed by atoms with Gasteiger partial charge in [0.25, 0.3) is 0 Å². The number of nitrogens with one attached hydrogen (secondary N) is 1. The van der Waals surface area contributed by atoms with Crippen LogP contribution in [0.4, 0.5) is 0 Å². The highest BCUT2D eigenvalue weighted by atomic mass is 35.5. The molecule has 1 aliphatic heterocycles. The van der Waals surface area contributed by atoms with E-state index in [1.165, 1.54) is 5.56 Å². The number of rotatable bonds is 5. The molecular weight excluding hydrogens is 274 g/mol. The van der Waals surface area contributed by atoms with E-state index in [1.807, 2.05) is 42.5 Å². The van der Waals surface area contributed by atoms with Crippen LogP contribution < -0.4 is 10.2 Å². The van der Waals surface area contributed by atoms with E-state index in [0.717, 1.165) is 34.9 Å². The first kappa shape index (κ1) is 13.4. The number of halogens is 1. The van der Waals surface area contributed by atoms with Gasteiger partial charge in [0.15, 0.2) is 0 Å². The molecule has 2 aromatic rings. The molecule has 0 amide bonds. The van der Waals surface area contributed by atoms with Gasteiger partial charge in [-0.05, 0) is 23.3 Å².